The van der Waals surface area contributed by atoms with E-state index in [1.54, 1.807) is 37.9 Å². The molecule has 6 nitrogen and oxygen atoms in total. The van der Waals surface area contributed by atoms with Gasteiger partial charge in [-0.2, -0.15) is 0 Å². The lowest BCUT2D eigenvalue weighted by atomic mass is 9.87. The van der Waals surface area contributed by atoms with E-state index in [9.17, 15) is 9.59 Å². The molecule has 3 amide bonds. The quantitative estimate of drug-likeness (QED) is 0.774. The van der Waals surface area contributed by atoms with Gasteiger partial charge in [-0.3, -0.25) is 4.79 Å². The average molecular weight is 366 g/mol. The molecule has 0 aliphatic carbocycles. The molecule has 3 rings (SSSR count). The highest BCUT2D eigenvalue weighted by Gasteiger charge is 2.51. The summed E-state index contributed by atoms with van der Waals surface area (Å²) in [6.07, 6.45) is 1.66. The molecule has 142 valence electrons. The lowest BCUT2D eigenvalue weighted by Crippen LogP contribution is -2.43. The number of carbonyl (C=O) groups excluding carboxylic acids is 2. The van der Waals surface area contributed by atoms with Crippen molar-refractivity contribution in [1.29, 1.82) is 0 Å². The first-order valence-electron chi connectivity index (χ1n) is 9.07. The first kappa shape index (κ1) is 19.0. The average Bonchev–Trinajstić information content (AvgIpc) is 2.74. The summed E-state index contributed by atoms with van der Waals surface area (Å²) in [6.45, 7) is 12.0. The number of carbonyl (C=O) groups is 2. The molecule has 1 aliphatic rings. The van der Waals surface area contributed by atoms with Crippen molar-refractivity contribution >= 4 is 17.6 Å². The molecule has 0 N–H and O–H groups in total. The Bertz CT molecular complexity index is 882. The molecule has 0 radical (unpaired) electrons. The second kappa shape index (κ2) is 6.44. The minimum atomic E-state index is -0.946. The first-order chi connectivity index (χ1) is 12.5. The van der Waals surface area contributed by atoms with E-state index in [2.05, 4.69) is 30.7 Å². The van der Waals surface area contributed by atoms with Gasteiger partial charge in [0.2, 0.25) is 0 Å². The normalized spacial score (nSPS) is 17.0. The third kappa shape index (κ3) is 3.44. The Morgan fingerprint density at radius 3 is 2.22 bits per heavy atom. The molecule has 1 saturated heterocycles. The summed E-state index contributed by atoms with van der Waals surface area (Å²) in [5.41, 5.74) is 1.51. The second-order valence-electron chi connectivity index (χ2n) is 8.46. The maximum absolute atomic E-state index is 13.1. The summed E-state index contributed by atoms with van der Waals surface area (Å²) < 4.78 is 0. The molecular formula is C21H26N4O2. The van der Waals surface area contributed by atoms with Crippen LogP contribution in [0.1, 0.15) is 51.7 Å². The number of benzene rings is 1. The van der Waals surface area contributed by atoms with Gasteiger partial charge in [-0.15, -0.1) is 0 Å². The van der Waals surface area contributed by atoms with Crippen LogP contribution in [-0.2, 0) is 16.8 Å². The Morgan fingerprint density at radius 2 is 1.67 bits per heavy atom. The van der Waals surface area contributed by atoms with Crippen molar-refractivity contribution in [1.82, 2.24) is 14.9 Å². The van der Waals surface area contributed by atoms with Gasteiger partial charge in [0.15, 0.2) is 0 Å². The number of amides is 3. The van der Waals surface area contributed by atoms with Gasteiger partial charge in [0, 0.05) is 6.20 Å². The summed E-state index contributed by atoms with van der Waals surface area (Å²) >= 11 is 0. The molecule has 1 fully saturated rings. The minimum absolute atomic E-state index is 0.00768. The highest BCUT2D eigenvalue weighted by atomic mass is 16.2. The van der Waals surface area contributed by atoms with Crippen LogP contribution in [0.15, 0.2) is 36.5 Å². The number of nitrogens with zero attached hydrogens (tertiary/aromatic N) is 4. The fourth-order valence-electron chi connectivity index (χ4n) is 3.19. The number of rotatable bonds is 3. The van der Waals surface area contributed by atoms with E-state index in [4.69, 9.17) is 0 Å². The van der Waals surface area contributed by atoms with Crippen molar-refractivity contribution < 1.29 is 9.59 Å². The van der Waals surface area contributed by atoms with Gasteiger partial charge in [-0.05, 0) is 49.9 Å². The Kier molecular flexibility index (Phi) is 4.54. The van der Waals surface area contributed by atoms with Crippen LogP contribution in [-0.4, -0.2) is 32.3 Å². The second-order valence-corrected chi connectivity index (χ2v) is 8.46. The van der Waals surface area contributed by atoms with Crippen LogP contribution in [0.4, 0.5) is 10.5 Å². The Hall–Kier alpha value is -2.76. The third-order valence-corrected chi connectivity index (χ3v) is 4.97. The highest BCUT2D eigenvalue weighted by Crippen LogP contribution is 2.34. The summed E-state index contributed by atoms with van der Waals surface area (Å²) in [5.74, 6) is 0.402. The number of hydrogen-bond acceptors (Lipinski definition) is 4. The van der Waals surface area contributed by atoms with Gasteiger partial charge >= 0.3 is 6.03 Å². The van der Waals surface area contributed by atoms with Crippen LogP contribution in [0.3, 0.4) is 0 Å². The standard InChI is InChI=1S/C21H26N4O2/c1-14-22-12-11-16(23-14)13-24-19(27)25(18(26)21(24,5)6)17-9-7-15(8-10-17)20(2,3)4/h7-12H,13H2,1-6H3. The SMILES string of the molecule is Cc1nccc(CN2C(=O)N(c3ccc(C(C)(C)C)cc3)C(=O)C2(C)C)n1. The molecule has 1 aromatic heterocycles. The fourth-order valence-corrected chi connectivity index (χ4v) is 3.19. The number of aryl methyl sites for hydroxylation is 1. The van der Waals surface area contributed by atoms with Crippen LogP contribution in [0, 0.1) is 6.92 Å². The predicted octanol–water partition coefficient (Wildman–Crippen LogP) is 3.83. The van der Waals surface area contributed by atoms with Crippen molar-refractivity contribution in [3.05, 3.63) is 53.6 Å². The van der Waals surface area contributed by atoms with E-state index in [-0.39, 0.29) is 23.9 Å². The summed E-state index contributed by atoms with van der Waals surface area (Å²) in [4.78, 5) is 37.4. The summed E-state index contributed by atoms with van der Waals surface area (Å²) in [5, 5.41) is 0. The molecule has 0 spiro atoms. The third-order valence-electron chi connectivity index (χ3n) is 4.97. The molecule has 27 heavy (non-hydrogen) atoms. The molecule has 1 aliphatic heterocycles. The molecule has 2 heterocycles. The number of hydrogen-bond donors (Lipinski definition) is 0. The molecule has 1 aromatic carbocycles. The molecule has 0 unspecified atom stereocenters. The van der Waals surface area contributed by atoms with Crippen molar-refractivity contribution in [2.24, 2.45) is 0 Å². The fraction of sp³-hybridized carbons (Fsp3) is 0.429. The maximum Gasteiger partial charge on any atom is 0.332 e. The smallest absolute Gasteiger partial charge is 0.304 e. The van der Waals surface area contributed by atoms with Gasteiger partial charge < -0.3 is 4.90 Å². The van der Waals surface area contributed by atoms with E-state index in [1.807, 2.05) is 24.3 Å². The Balaban J connectivity index is 1.92. The van der Waals surface area contributed by atoms with Crippen molar-refractivity contribution in [3.8, 4) is 0 Å². The van der Waals surface area contributed by atoms with Crippen LogP contribution in [0.25, 0.3) is 0 Å². The lowest BCUT2D eigenvalue weighted by molar-refractivity contribution is -0.123. The van der Waals surface area contributed by atoms with E-state index >= 15 is 0 Å². The largest absolute Gasteiger partial charge is 0.332 e. The molecule has 0 saturated carbocycles. The Morgan fingerprint density at radius 1 is 1.04 bits per heavy atom. The van der Waals surface area contributed by atoms with Crippen LogP contribution < -0.4 is 4.90 Å². The van der Waals surface area contributed by atoms with Crippen LogP contribution in [0.2, 0.25) is 0 Å². The minimum Gasteiger partial charge on any atom is -0.304 e. The molecular weight excluding hydrogens is 340 g/mol. The highest BCUT2D eigenvalue weighted by molar-refractivity contribution is 6.22. The summed E-state index contributed by atoms with van der Waals surface area (Å²) in [6, 6.07) is 9.06. The van der Waals surface area contributed by atoms with Gasteiger partial charge in [0.25, 0.3) is 5.91 Å². The van der Waals surface area contributed by atoms with Gasteiger partial charge in [0.1, 0.15) is 11.4 Å². The molecule has 0 bridgehead atoms. The monoisotopic (exact) mass is 366 g/mol. The van der Waals surface area contributed by atoms with Gasteiger partial charge in [-0.25, -0.2) is 19.7 Å². The van der Waals surface area contributed by atoms with E-state index in [0.29, 0.717) is 17.2 Å². The van der Waals surface area contributed by atoms with Crippen LogP contribution >= 0.6 is 0 Å². The lowest BCUT2D eigenvalue weighted by Gasteiger charge is -2.27. The molecule has 6 heteroatoms. The predicted molar refractivity (Wildman–Crippen MR) is 104 cm³/mol. The van der Waals surface area contributed by atoms with Crippen molar-refractivity contribution in [2.75, 3.05) is 4.90 Å². The number of anilines is 1. The van der Waals surface area contributed by atoms with Gasteiger partial charge in [-0.1, -0.05) is 32.9 Å². The van der Waals surface area contributed by atoms with Gasteiger partial charge in [0.05, 0.1) is 17.9 Å². The zero-order chi connectivity index (χ0) is 20.0. The number of imide groups is 1. The van der Waals surface area contributed by atoms with E-state index in [0.717, 1.165) is 5.56 Å². The zero-order valence-corrected chi connectivity index (χ0v) is 16.8. The first-order valence-corrected chi connectivity index (χ1v) is 9.07. The topological polar surface area (TPSA) is 66.4 Å². The maximum atomic E-state index is 13.1. The number of urea groups is 1. The zero-order valence-electron chi connectivity index (χ0n) is 16.8. The van der Waals surface area contributed by atoms with Crippen molar-refractivity contribution in [2.45, 2.75) is 59.0 Å². The van der Waals surface area contributed by atoms with E-state index in [1.165, 1.54) is 4.90 Å². The van der Waals surface area contributed by atoms with E-state index < -0.39 is 5.54 Å². The molecule has 2 aromatic rings. The Labute approximate surface area is 160 Å². The molecule has 0 atom stereocenters. The van der Waals surface area contributed by atoms with Crippen LogP contribution in [0.5, 0.6) is 0 Å². The number of aromatic nitrogens is 2. The summed E-state index contributed by atoms with van der Waals surface area (Å²) in [7, 11) is 0. The van der Waals surface area contributed by atoms with Crippen molar-refractivity contribution in [3.63, 3.8) is 0 Å².